The smallest absolute Gasteiger partial charge is 0.307 e. The minimum absolute atomic E-state index is 0.280. The molecule has 0 aliphatic carbocycles. The van der Waals surface area contributed by atoms with E-state index in [4.69, 9.17) is 5.11 Å². The number of carboxylic acids is 1. The van der Waals surface area contributed by atoms with Crippen LogP contribution < -0.4 is 0 Å². The van der Waals surface area contributed by atoms with Crippen LogP contribution in [-0.4, -0.2) is 34.0 Å². The van der Waals surface area contributed by atoms with E-state index in [1.807, 2.05) is 6.07 Å². The van der Waals surface area contributed by atoms with Crippen molar-refractivity contribution in [1.82, 2.24) is 9.88 Å². The number of benzene rings is 1. The first-order chi connectivity index (χ1) is 10.1. The highest BCUT2D eigenvalue weighted by Crippen LogP contribution is 2.23. The summed E-state index contributed by atoms with van der Waals surface area (Å²) in [6.07, 6.45) is 3.27. The minimum atomic E-state index is -0.748. The van der Waals surface area contributed by atoms with E-state index in [2.05, 4.69) is 9.88 Å². The van der Waals surface area contributed by atoms with Gasteiger partial charge in [0, 0.05) is 24.7 Å². The van der Waals surface area contributed by atoms with E-state index in [0.717, 1.165) is 29.4 Å². The third-order valence-corrected chi connectivity index (χ3v) is 4.00. The average Bonchev–Trinajstić information content (AvgIpc) is 2.47. The monoisotopic (exact) mass is 288 g/mol. The fourth-order valence-corrected chi connectivity index (χ4v) is 2.99. The van der Waals surface area contributed by atoms with Crippen molar-refractivity contribution in [2.75, 3.05) is 13.1 Å². The first-order valence-corrected chi connectivity index (χ1v) is 7.12. The molecule has 1 N–H and O–H groups in total. The van der Waals surface area contributed by atoms with Gasteiger partial charge in [-0.05, 0) is 43.1 Å². The van der Waals surface area contributed by atoms with Gasteiger partial charge in [0.2, 0.25) is 0 Å². The molecule has 0 spiro atoms. The molecule has 1 aromatic carbocycles. The van der Waals surface area contributed by atoms with E-state index in [0.29, 0.717) is 19.5 Å². The van der Waals surface area contributed by atoms with E-state index in [9.17, 15) is 9.18 Å². The van der Waals surface area contributed by atoms with E-state index >= 15 is 0 Å². The van der Waals surface area contributed by atoms with Crippen molar-refractivity contribution >= 4 is 16.9 Å². The molecule has 1 saturated heterocycles. The summed E-state index contributed by atoms with van der Waals surface area (Å²) in [4.78, 5) is 17.5. The lowest BCUT2D eigenvalue weighted by Gasteiger charge is -2.30. The van der Waals surface area contributed by atoms with Gasteiger partial charge in [-0.1, -0.05) is 6.07 Å². The summed E-state index contributed by atoms with van der Waals surface area (Å²) in [5.41, 5.74) is 1.60. The van der Waals surface area contributed by atoms with E-state index in [1.54, 1.807) is 12.3 Å². The van der Waals surface area contributed by atoms with Crippen LogP contribution in [0.15, 0.2) is 30.5 Å². The maximum atomic E-state index is 13.7. The van der Waals surface area contributed by atoms with Gasteiger partial charge in [-0.3, -0.25) is 14.7 Å². The summed E-state index contributed by atoms with van der Waals surface area (Å²) in [5.74, 6) is -1.36. The third-order valence-electron chi connectivity index (χ3n) is 4.00. The van der Waals surface area contributed by atoms with Crippen molar-refractivity contribution in [3.63, 3.8) is 0 Å². The molecule has 3 rings (SSSR count). The van der Waals surface area contributed by atoms with Crippen LogP contribution in [0, 0.1) is 11.7 Å². The second-order valence-electron chi connectivity index (χ2n) is 5.55. The number of fused-ring (bicyclic) bond motifs is 1. The summed E-state index contributed by atoms with van der Waals surface area (Å²) in [7, 11) is 0. The van der Waals surface area contributed by atoms with Gasteiger partial charge < -0.3 is 5.11 Å². The van der Waals surface area contributed by atoms with Crippen LogP contribution in [0.1, 0.15) is 18.4 Å². The molecule has 2 aromatic rings. The zero-order valence-electron chi connectivity index (χ0n) is 11.6. The zero-order chi connectivity index (χ0) is 14.8. The Balaban J connectivity index is 1.86. The fourth-order valence-electron chi connectivity index (χ4n) is 2.99. The number of likely N-dealkylation sites (tertiary alicyclic amines) is 1. The Hall–Kier alpha value is -2.01. The van der Waals surface area contributed by atoms with Crippen LogP contribution >= 0.6 is 0 Å². The summed E-state index contributed by atoms with van der Waals surface area (Å²) in [6.45, 7) is 1.89. The summed E-state index contributed by atoms with van der Waals surface area (Å²) < 4.78 is 13.7. The molecule has 21 heavy (non-hydrogen) atoms. The number of carbonyl (C=O) groups is 1. The lowest BCUT2D eigenvalue weighted by Crippen LogP contribution is -2.38. The van der Waals surface area contributed by atoms with Crippen LogP contribution in [0.3, 0.4) is 0 Å². The SMILES string of the molecule is O=C(O)[C@H]1CCCN(Cc2cc(F)cc3cccnc23)C1. The molecule has 1 atom stereocenters. The summed E-state index contributed by atoms with van der Waals surface area (Å²) in [6, 6.07) is 6.60. The lowest BCUT2D eigenvalue weighted by atomic mass is 9.97. The molecular weight excluding hydrogens is 271 g/mol. The molecule has 0 amide bonds. The highest BCUT2D eigenvalue weighted by molar-refractivity contribution is 5.81. The molecule has 1 aromatic heterocycles. The number of carboxylic acid groups (broad SMARTS) is 1. The molecule has 1 fully saturated rings. The second kappa shape index (κ2) is 5.77. The molecule has 0 bridgehead atoms. The van der Waals surface area contributed by atoms with Gasteiger partial charge in [-0.15, -0.1) is 0 Å². The fraction of sp³-hybridized carbons (Fsp3) is 0.375. The van der Waals surface area contributed by atoms with Gasteiger partial charge >= 0.3 is 5.97 Å². The largest absolute Gasteiger partial charge is 0.481 e. The number of halogens is 1. The number of pyridine rings is 1. The molecule has 0 unspecified atom stereocenters. The molecule has 0 radical (unpaired) electrons. The van der Waals surface area contributed by atoms with Gasteiger partial charge in [0.25, 0.3) is 0 Å². The van der Waals surface area contributed by atoms with Crippen molar-refractivity contribution in [2.24, 2.45) is 5.92 Å². The number of hydrogen-bond acceptors (Lipinski definition) is 3. The van der Waals surface area contributed by atoms with Gasteiger partial charge in [0.05, 0.1) is 11.4 Å². The predicted molar refractivity (Wildman–Crippen MR) is 77.3 cm³/mol. The van der Waals surface area contributed by atoms with Crippen LogP contribution in [0.25, 0.3) is 10.9 Å². The van der Waals surface area contributed by atoms with Crippen LogP contribution in [0.5, 0.6) is 0 Å². The van der Waals surface area contributed by atoms with Crippen LogP contribution in [0.2, 0.25) is 0 Å². The quantitative estimate of drug-likeness (QED) is 0.943. The number of aromatic nitrogens is 1. The number of nitrogens with zero attached hydrogens (tertiary/aromatic N) is 2. The van der Waals surface area contributed by atoms with Gasteiger partial charge in [0.15, 0.2) is 0 Å². The van der Waals surface area contributed by atoms with Crippen molar-refractivity contribution in [3.05, 3.63) is 41.8 Å². The molecule has 0 saturated carbocycles. The van der Waals surface area contributed by atoms with Crippen LogP contribution in [0.4, 0.5) is 4.39 Å². The highest BCUT2D eigenvalue weighted by atomic mass is 19.1. The Kier molecular flexibility index (Phi) is 3.84. The third kappa shape index (κ3) is 3.03. The molecule has 4 nitrogen and oxygen atoms in total. The number of piperidine rings is 1. The summed E-state index contributed by atoms with van der Waals surface area (Å²) >= 11 is 0. The number of rotatable bonds is 3. The Labute approximate surface area is 122 Å². The Morgan fingerprint density at radius 3 is 3.14 bits per heavy atom. The van der Waals surface area contributed by atoms with Gasteiger partial charge in [-0.25, -0.2) is 4.39 Å². The predicted octanol–water partition coefficient (Wildman–Crippen LogP) is 2.67. The number of aliphatic carboxylic acids is 1. The molecule has 5 heteroatoms. The maximum absolute atomic E-state index is 13.7. The van der Waals surface area contributed by atoms with E-state index < -0.39 is 5.97 Å². The van der Waals surface area contributed by atoms with Gasteiger partial charge in [0.1, 0.15) is 5.82 Å². The lowest BCUT2D eigenvalue weighted by molar-refractivity contribution is -0.143. The van der Waals surface area contributed by atoms with Crippen molar-refractivity contribution in [2.45, 2.75) is 19.4 Å². The molecule has 1 aliphatic rings. The standard InChI is InChI=1S/C16H17FN2O2/c17-14-7-11-3-1-5-18-15(11)13(8-14)10-19-6-2-4-12(9-19)16(20)21/h1,3,5,7-8,12H,2,4,6,9-10H2,(H,20,21)/t12-/m0/s1. The Morgan fingerprint density at radius 2 is 2.33 bits per heavy atom. The maximum Gasteiger partial charge on any atom is 0.307 e. The van der Waals surface area contributed by atoms with Crippen LogP contribution in [-0.2, 0) is 11.3 Å². The molecule has 2 heterocycles. The van der Waals surface area contributed by atoms with E-state index in [-0.39, 0.29) is 11.7 Å². The Bertz CT molecular complexity index is 674. The average molecular weight is 288 g/mol. The molecular formula is C16H17FN2O2. The topological polar surface area (TPSA) is 53.4 Å². The number of hydrogen-bond donors (Lipinski definition) is 1. The van der Waals surface area contributed by atoms with Gasteiger partial charge in [-0.2, -0.15) is 0 Å². The first-order valence-electron chi connectivity index (χ1n) is 7.12. The molecule has 110 valence electrons. The zero-order valence-corrected chi connectivity index (χ0v) is 11.6. The second-order valence-corrected chi connectivity index (χ2v) is 5.55. The van der Waals surface area contributed by atoms with Crippen molar-refractivity contribution in [3.8, 4) is 0 Å². The highest BCUT2D eigenvalue weighted by Gasteiger charge is 2.25. The Morgan fingerprint density at radius 1 is 1.48 bits per heavy atom. The van der Waals surface area contributed by atoms with Crippen molar-refractivity contribution < 1.29 is 14.3 Å². The van der Waals surface area contributed by atoms with Crippen molar-refractivity contribution in [1.29, 1.82) is 0 Å². The van der Waals surface area contributed by atoms with E-state index in [1.165, 1.54) is 12.1 Å². The molecule has 1 aliphatic heterocycles. The summed E-state index contributed by atoms with van der Waals surface area (Å²) in [5, 5.41) is 9.92. The minimum Gasteiger partial charge on any atom is -0.481 e. The normalized spacial score (nSPS) is 19.8. The first kappa shape index (κ1) is 13.9.